The Morgan fingerprint density at radius 2 is 1.65 bits per heavy atom. The SMILES string of the molecule is O=C(NC12CC3CC(CC(C3)C1)C2)[C@@H]1[C@H](c2nc3ccccc3c(=O)[nH]2)[C@H]2C=C[C@H]1C2. The minimum atomic E-state index is -0.132. The minimum absolute atomic E-state index is 0.0200. The van der Waals surface area contributed by atoms with E-state index in [1.165, 1.54) is 19.3 Å². The van der Waals surface area contributed by atoms with Crippen molar-refractivity contribution < 1.29 is 4.79 Å². The highest BCUT2D eigenvalue weighted by Crippen LogP contribution is 2.57. The van der Waals surface area contributed by atoms with Crippen LogP contribution in [-0.4, -0.2) is 21.4 Å². The third-order valence-electron chi connectivity index (χ3n) is 9.14. The van der Waals surface area contributed by atoms with E-state index in [4.69, 9.17) is 4.98 Å². The van der Waals surface area contributed by atoms with Gasteiger partial charge in [-0.1, -0.05) is 24.3 Å². The second kappa shape index (κ2) is 6.30. The van der Waals surface area contributed by atoms with Crippen LogP contribution in [0.1, 0.15) is 56.7 Å². The Morgan fingerprint density at radius 3 is 2.39 bits per heavy atom. The topological polar surface area (TPSA) is 74.8 Å². The molecule has 5 saturated carbocycles. The summed E-state index contributed by atoms with van der Waals surface area (Å²) in [5.74, 6) is 3.66. The Bertz CT molecular complexity index is 1130. The average Bonchev–Trinajstić information content (AvgIpc) is 3.34. The zero-order chi connectivity index (χ0) is 20.7. The Kier molecular flexibility index (Phi) is 3.69. The van der Waals surface area contributed by atoms with Gasteiger partial charge in [-0.15, -0.1) is 0 Å². The molecule has 8 rings (SSSR count). The molecule has 4 atom stereocenters. The standard InChI is InChI=1S/C26H29N3O2/c30-24-19-3-1-2-4-20(19)27-23(28-24)21-17-5-6-18(10-17)22(21)25(31)29-26-11-14-7-15(12-26)9-16(8-14)13-26/h1-6,14-18,21-22H,7-13H2,(H,29,31)(H,27,28,30)/t14?,15?,16?,17-,18-,21+,22-,26?/m0/s1. The van der Waals surface area contributed by atoms with Crippen molar-refractivity contribution in [2.75, 3.05) is 0 Å². The van der Waals surface area contributed by atoms with Crippen LogP contribution < -0.4 is 10.9 Å². The summed E-state index contributed by atoms with van der Waals surface area (Å²) in [6.07, 6.45) is 13.1. The molecule has 0 unspecified atom stereocenters. The predicted octanol–water partition coefficient (Wildman–Crippen LogP) is 3.91. The van der Waals surface area contributed by atoms with Gasteiger partial charge in [0.1, 0.15) is 5.82 Å². The van der Waals surface area contributed by atoms with Gasteiger partial charge in [-0.05, 0) is 86.7 Å². The first kappa shape index (κ1) is 18.2. The van der Waals surface area contributed by atoms with Crippen LogP contribution in [0, 0.1) is 35.5 Å². The van der Waals surface area contributed by atoms with Gasteiger partial charge < -0.3 is 10.3 Å². The Balaban J connectivity index is 1.22. The van der Waals surface area contributed by atoms with E-state index >= 15 is 0 Å². The molecule has 5 heteroatoms. The number of allylic oxidation sites excluding steroid dienone is 2. The molecule has 0 spiro atoms. The van der Waals surface area contributed by atoms with Crippen LogP contribution in [0.15, 0.2) is 41.2 Å². The lowest BCUT2D eigenvalue weighted by atomic mass is 9.53. The number of para-hydroxylation sites is 1. The van der Waals surface area contributed by atoms with E-state index < -0.39 is 0 Å². The monoisotopic (exact) mass is 415 g/mol. The molecule has 0 aliphatic heterocycles. The number of nitrogens with one attached hydrogen (secondary N) is 2. The molecule has 1 amide bonds. The number of H-pyrrole nitrogens is 1. The summed E-state index contributed by atoms with van der Waals surface area (Å²) < 4.78 is 0. The molecule has 1 heterocycles. The second-order valence-electron chi connectivity index (χ2n) is 11.2. The van der Waals surface area contributed by atoms with E-state index in [1.54, 1.807) is 0 Å². The molecule has 2 N–H and O–H groups in total. The zero-order valence-electron chi connectivity index (χ0n) is 17.7. The molecule has 160 valence electrons. The zero-order valence-corrected chi connectivity index (χ0v) is 17.7. The highest BCUT2D eigenvalue weighted by atomic mass is 16.2. The van der Waals surface area contributed by atoms with Gasteiger partial charge in [0.2, 0.25) is 5.91 Å². The number of amides is 1. The molecule has 1 aromatic carbocycles. The summed E-state index contributed by atoms with van der Waals surface area (Å²) in [5.41, 5.74) is 0.632. The van der Waals surface area contributed by atoms with Gasteiger partial charge in [0.15, 0.2) is 0 Å². The maximum Gasteiger partial charge on any atom is 0.258 e. The van der Waals surface area contributed by atoms with Crippen LogP contribution in [0.5, 0.6) is 0 Å². The largest absolute Gasteiger partial charge is 0.350 e. The first-order valence-corrected chi connectivity index (χ1v) is 12.1. The third kappa shape index (κ3) is 2.71. The lowest BCUT2D eigenvalue weighted by Gasteiger charge is -2.57. The molecular formula is C26H29N3O2. The average molecular weight is 416 g/mol. The molecule has 1 aromatic heterocycles. The number of rotatable bonds is 3. The first-order chi connectivity index (χ1) is 15.1. The van der Waals surface area contributed by atoms with Gasteiger partial charge in [0, 0.05) is 11.5 Å². The number of aromatic amines is 1. The maximum absolute atomic E-state index is 13.8. The van der Waals surface area contributed by atoms with Gasteiger partial charge >= 0.3 is 0 Å². The summed E-state index contributed by atoms with van der Waals surface area (Å²) in [6, 6.07) is 7.47. The number of hydrogen-bond donors (Lipinski definition) is 2. The van der Waals surface area contributed by atoms with Gasteiger partial charge in [0.25, 0.3) is 5.56 Å². The lowest BCUT2D eigenvalue weighted by Crippen LogP contribution is -2.61. The summed E-state index contributed by atoms with van der Waals surface area (Å²) in [7, 11) is 0. The smallest absolute Gasteiger partial charge is 0.258 e. The van der Waals surface area contributed by atoms with Crippen LogP contribution in [0.25, 0.3) is 10.9 Å². The maximum atomic E-state index is 13.8. The summed E-state index contributed by atoms with van der Waals surface area (Å²) in [5, 5.41) is 4.22. The Morgan fingerprint density at radius 1 is 0.968 bits per heavy atom. The molecule has 5 fully saturated rings. The summed E-state index contributed by atoms with van der Waals surface area (Å²) in [4.78, 5) is 34.4. The first-order valence-electron chi connectivity index (χ1n) is 12.1. The van der Waals surface area contributed by atoms with Crippen LogP contribution in [-0.2, 0) is 4.79 Å². The fourth-order valence-electron chi connectivity index (χ4n) is 8.42. The van der Waals surface area contributed by atoms with Crippen molar-refractivity contribution in [3.63, 3.8) is 0 Å². The molecule has 0 radical (unpaired) electrons. The van der Waals surface area contributed by atoms with Gasteiger partial charge in [-0.3, -0.25) is 9.59 Å². The molecule has 31 heavy (non-hydrogen) atoms. The van der Waals surface area contributed by atoms with Crippen molar-refractivity contribution in [3.05, 3.63) is 52.6 Å². The normalized spacial score (nSPS) is 41.9. The number of carbonyl (C=O) groups is 1. The highest BCUT2D eigenvalue weighted by molar-refractivity contribution is 5.82. The predicted molar refractivity (Wildman–Crippen MR) is 118 cm³/mol. The van der Waals surface area contributed by atoms with E-state index in [9.17, 15) is 9.59 Å². The Hall–Kier alpha value is -2.43. The highest BCUT2D eigenvalue weighted by Gasteiger charge is 2.55. The number of fused-ring (bicyclic) bond motifs is 3. The third-order valence-corrected chi connectivity index (χ3v) is 9.14. The fourth-order valence-corrected chi connectivity index (χ4v) is 8.42. The fraction of sp³-hybridized carbons (Fsp3) is 0.577. The number of nitrogens with zero attached hydrogens (tertiary/aromatic N) is 1. The van der Waals surface area contributed by atoms with Crippen molar-refractivity contribution in [1.82, 2.24) is 15.3 Å². The molecule has 5 nitrogen and oxygen atoms in total. The van der Waals surface area contributed by atoms with Crippen LogP contribution >= 0.6 is 0 Å². The summed E-state index contributed by atoms with van der Waals surface area (Å²) >= 11 is 0. The van der Waals surface area contributed by atoms with Crippen molar-refractivity contribution in [3.8, 4) is 0 Å². The van der Waals surface area contributed by atoms with E-state index in [1.807, 2.05) is 24.3 Å². The van der Waals surface area contributed by atoms with E-state index in [0.29, 0.717) is 16.7 Å². The minimum Gasteiger partial charge on any atom is -0.350 e. The summed E-state index contributed by atoms with van der Waals surface area (Å²) in [6.45, 7) is 0. The number of benzene rings is 1. The van der Waals surface area contributed by atoms with Gasteiger partial charge in [-0.2, -0.15) is 0 Å². The molecule has 6 bridgehead atoms. The van der Waals surface area contributed by atoms with Gasteiger partial charge in [0.05, 0.1) is 16.8 Å². The lowest BCUT2D eigenvalue weighted by molar-refractivity contribution is -0.132. The van der Waals surface area contributed by atoms with Gasteiger partial charge in [-0.25, -0.2) is 4.98 Å². The molecular weight excluding hydrogens is 386 g/mol. The van der Waals surface area contributed by atoms with Crippen molar-refractivity contribution in [2.45, 2.75) is 56.4 Å². The molecule has 6 aliphatic carbocycles. The number of hydrogen-bond acceptors (Lipinski definition) is 3. The van der Waals surface area contributed by atoms with Crippen LogP contribution in [0.2, 0.25) is 0 Å². The number of aromatic nitrogens is 2. The molecule has 0 saturated heterocycles. The van der Waals surface area contributed by atoms with E-state index in [-0.39, 0.29) is 40.7 Å². The van der Waals surface area contributed by atoms with Crippen molar-refractivity contribution >= 4 is 16.8 Å². The quantitative estimate of drug-likeness (QED) is 0.747. The van der Waals surface area contributed by atoms with Crippen molar-refractivity contribution in [1.29, 1.82) is 0 Å². The van der Waals surface area contributed by atoms with E-state index in [2.05, 4.69) is 22.5 Å². The molecule has 2 aromatic rings. The Labute approximate surface area is 181 Å². The van der Waals surface area contributed by atoms with Crippen molar-refractivity contribution in [2.24, 2.45) is 35.5 Å². The van der Waals surface area contributed by atoms with Crippen LogP contribution in [0.3, 0.4) is 0 Å². The van der Waals surface area contributed by atoms with E-state index in [0.717, 1.165) is 43.4 Å². The second-order valence-corrected chi connectivity index (χ2v) is 11.2. The van der Waals surface area contributed by atoms with Crippen LogP contribution in [0.4, 0.5) is 0 Å². The number of carbonyl (C=O) groups excluding carboxylic acids is 1. The molecule has 6 aliphatic rings.